The minimum atomic E-state index is -0.814. The molecule has 2 atom stereocenters. The van der Waals surface area contributed by atoms with E-state index in [-0.39, 0.29) is 11.3 Å². The molecule has 2 N–H and O–H groups in total. The first kappa shape index (κ1) is 31.0. The fraction of sp³-hybridized carbons (Fsp3) is 0.316. The second-order valence-corrected chi connectivity index (χ2v) is 12.4. The van der Waals surface area contributed by atoms with Gasteiger partial charge in [0.2, 0.25) is 5.91 Å². The number of carbonyl (C=O) groups is 2. The minimum absolute atomic E-state index is 0.125. The first-order valence-corrected chi connectivity index (χ1v) is 15.3. The zero-order valence-electron chi connectivity index (χ0n) is 26.1. The molecule has 1 aliphatic heterocycles. The summed E-state index contributed by atoms with van der Waals surface area (Å²) in [6, 6.07) is 31.4. The highest BCUT2D eigenvalue weighted by atomic mass is 16.5. The van der Waals surface area contributed by atoms with E-state index in [4.69, 9.17) is 9.47 Å². The minimum Gasteiger partial charge on any atom is -0.493 e. The third-order valence-electron chi connectivity index (χ3n) is 8.22. The summed E-state index contributed by atoms with van der Waals surface area (Å²) in [5.41, 5.74) is 7.77. The number of esters is 1. The van der Waals surface area contributed by atoms with Gasteiger partial charge in [-0.3, -0.25) is 4.79 Å². The first-order chi connectivity index (χ1) is 21.2. The highest BCUT2D eigenvalue weighted by Gasteiger charge is 2.30. The Balaban J connectivity index is 1.23. The van der Waals surface area contributed by atoms with E-state index in [2.05, 4.69) is 67.8 Å². The van der Waals surface area contributed by atoms with Gasteiger partial charge >= 0.3 is 5.97 Å². The lowest BCUT2D eigenvalue weighted by atomic mass is 9.86. The van der Waals surface area contributed by atoms with Gasteiger partial charge in [-0.1, -0.05) is 106 Å². The maximum Gasteiger partial charge on any atom is 0.328 e. The average molecular weight is 591 g/mol. The number of ether oxygens (including phenoxy) is 2. The molecule has 0 aliphatic carbocycles. The summed E-state index contributed by atoms with van der Waals surface area (Å²) in [4.78, 5) is 26.4. The predicted octanol–water partition coefficient (Wildman–Crippen LogP) is 6.36. The molecule has 0 saturated heterocycles. The van der Waals surface area contributed by atoms with Crippen LogP contribution in [0.4, 0.5) is 0 Å². The van der Waals surface area contributed by atoms with E-state index in [0.29, 0.717) is 19.6 Å². The van der Waals surface area contributed by atoms with Crippen LogP contribution in [0.2, 0.25) is 0 Å². The van der Waals surface area contributed by atoms with Crippen molar-refractivity contribution in [3.8, 4) is 16.9 Å². The molecule has 4 aromatic carbocycles. The molecule has 0 spiro atoms. The molecule has 0 fully saturated rings. The van der Waals surface area contributed by atoms with E-state index >= 15 is 0 Å². The Labute approximate surface area is 260 Å². The van der Waals surface area contributed by atoms with E-state index in [1.54, 1.807) is 0 Å². The Morgan fingerprint density at radius 1 is 0.886 bits per heavy atom. The third kappa shape index (κ3) is 7.74. The predicted molar refractivity (Wildman–Crippen MR) is 175 cm³/mol. The largest absolute Gasteiger partial charge is 0.493 e. The highest BCUT2D eigenvalue weighted by Crippen LogP contribution is 2.28. The lowest BCUT2D eigenvalue weighted by Crippen LogP contribution is -2.49. The Morgan fingerprint density at radius 2 is 1.57 bits per heavy atom. The average Bonchev–Trinajstić information content (AvgIpc) is 3.04. The Kier molecular flexibility index (Phi) is 9.81. The van der Waals surface area contributed by atoms with Gasteiger partial charge in [0, 0.05) is 19.4 Å². The molecule has 228 valence electrons. The van der Waals surface area contributed by atoms with Crippen LogP contribution in [0.15, 0.2) is 97.1 Å². The summed E-state index contributed by atoms with van der Waals surface area (Å²) in [5, 5.41) is 6.29. The number of rotatable bonds is 10. The summed E-state index contributed by atoms with van der Waals surface area (Å²) < 4.78 is 11.2. The van der Waals surface area contributed by atoms with Crippen molar-refractivity contribution < 1.29 is 19.1 Å². The molecule has 6 heteroatoms. The molecule has 0 radical (unpaired) electrons. The van der Waals surface area contributed by atoms with Crippen LogP contribution in [0.3, 0.4) is 0 Å². The number of hydrogen-bond acceptors (Lipinski definition) is 5. The van der Waals surface area contributed by atoms with E-state index in [1.165, 1.54) is 18.2 Å². The molecule has 44 heavy (non-hydrogen) atoms. The molecule has 0 saturated carbocycles. The molecular formula is C38H42N2O4. The summed E-state index contributed by atoms with van der Waals surface area (Å²) in [7, 11) is 1.34. The van der Waals surface area contributed by atoms with Gasteiger partial charge in [0.05, 0.1) is 13.7 Å². The van der Waals surface area contributed by atoms with Crippen molar-refractivity contribution in [1.29, 1.82) is 0 Å². The van der Waals surface area contributed by atoms with Crippen LogP contribution in [-0.2, 0) is 39.0 Å². The number of benzene rings is 4. The Bertz CT molecular complexity index is 1560. The lowest BCUT2D eigenvalue weighted by Gasteiger charge is -2.28. The summed E-state index contributed by atoms with van der Waals surface area (Å²) >= 11 is 0. The maximum absolute atomic E-state index is 13.6. The fourth-order valence-electron chi connectivity index (χ4n) is 5.60. The molecule has 6 nitrogen and oxygen atoms in total. The first-order valence-electron chi connectivity index (χ1n) is 15.3. The van der Waals surface area contributed by atoms with Crippen LogP contribution >= 0.6 is 0 Å². The smallest absolute Gasteiger partial charge is 0.328 e. The third-order valence-corrected chi connectivity index (χ3v) is 8.22. The van der Waals surface area contributed by atoms with E-state index in [0.717, 1.165) is 46.4 Å². The van der Waals surface area contributed by atoms with E-state index < -0.39 is 18.1 Å². The monoisotopic (exact) mass is 590 g/mol. The van der Waals surface area contributed by atoms with Gasteiger partial charge in [-0.25, -0.2) is 4.79 Å². The highest BCUT2D eigenvalue weighted by molar-refractivity contribution is 5.89. The molecule has 5 rings (SSSR count). The van der Waals surface area contributed by atoms with Gasteiger partial charge in [0.25, 0.3) is 0 Å². The number of hydrogen-bond donors (Lipinski definition) is 2. The van der Waals surface area contributed by atoms with Crippen LogP contribution in [0.1, 0.15) is 54.6 Å². The molecule has 1 aliphatic rings. The molecule has 0 bridgehead atoms. The summed E-state index contributed by atoms with van der Waals surface area (Å²) in [6.45, 7) is 7.84. The molecule has 0 aromatic heterocycles. The zero-order chi connectivity index (χ0) is 31.1. The van der Waals surface area contributed by atoms with Crippen molar-refractivity contribution in [3.63, 3.8) is 0 Å². The van der Waals surface area contributed by atoms with Crippen molar-refractivity contribution in [2.75, 3.05) is 20.3 Å². The van der Waals surface area contributed by atoms with Gasteiger partial charge in [-0.05, 0) is 62.9 Å². The molecular weight excluding hydrogens is 548 g/mol. The Hall–Kier alpha value is -4.42. The van der Waals surface area contributed by atoms with Gasteiger partial charge in [0.1, 0.15) is 17.8 Å². The van der Waals surface area contributed by atoms with Gasteiger partial charge in [0.15, 0.2) is 0 Å². The number of fused-ring (bicyclic) bond motifs is 1. The van der Waals surface area contributed by atoms with E-state index in [1.807, 2.05) is 60.7 Å². The van der Waals surface area contributed by atoms with Gasteiger partial charge < -0.3 is 20.1 Å². The topological polar surface area (TPSA) is 76.7 Å². The number of nitrogens with one attached hydrogen (secondary N) is 2. The summed E-state index contributed by atoms with van der Waals surface area (Å²) in [6.07, 6.45) is 1.93. The van der Waals surface area contributed by atoms with Crippen molar-refractivity contribution >= 4 is 11.9 Å². The zero-order valence-corrected chi connectivity index (χ0v) is 26.1. The standard InChI is InChI=1S/C38H42N2O4/c1-38(2,3)31-17-12-26(13-18-31)21-23-44-32-19-16-30-20-22-39-35(33(30)25-32)36(41)40-34(37(42)43-4)24-27-10-14-29(15-11-27)28-8-6-5-7-9-28/h5-19,25,34-35,39H,20-24H2,1-4H3,(H,40,41)/t34-,35?/m0/s1. The quantitative estimate of drug-likeness (QED) is 0.210. The van der Waals surface area contributed by atoms with E-state index in [9.17, 15) is 9.59 Å². The Morgan fingerprint density at radius 3 is 2.25 bits per heavy atom. The van der Waals surface area contributed by atoms with Crippen LogP contribution in [0.5, 0.6) is 5.75 Å². The number of methoxy groups -OCH3 is 1. The van der Waals surface area contributed by atoms with Crippen LogP contribution in [-0.4, -0.2) is 38.2 Å². The molecule has 4 aromatic rings. The second-order valence-electron chi connectivity index (χ2n) is 12.4. The number of amides is 1. The fourth-order valence-corrected chi connectivity index (χ4v) is 5.60. The van der Waals surface area contributed by atoms with Crippen molar-refractivity contribution in [1.82, 2.24) is 10.6 Å². The van der Waals surface area contributed by atoms with Crippen LogP contribution in [0, 0.1) is 0 Å². The number of carbonyl (C=O) groups excluding carboxylic acids is 2. The van der Waals surface area contributed by atoms with Gasteiger partial charge in [-0.15, -0.1) is 0 Å². The lowest BCUT2D eigenvalue weighted by molar-refractivity contribution is -0.145. The van der Waals surface area contributed by atoms with Crippen molar-refractivity contribution in [2.24, 2.45) is 0 Å². The maximum atomic E-state index is 13.6. The molecule has 1 amide bonds. The summed E-state index contributed by atoms with van der Waals surface area (Å²) in [5.74, 6) is -0.0212. The van der Waals surface area contributed by atoms with Crippen molar-refractivity contribution in [2.45, 2.75) is 57.5 Å². The SMILES string of the molecule is COC(=O)[C@H](Cc1ccc(-c2ccccc2)cc1)NC(=O)C1NCCc2ccc(OCCc3ccc(C(C)(C)C)cc3)cc21. The van der Waals surface area contributed by atoms with Crippen LogP contribution in [0.25, 0.3) is 11.1 Å². The molecule has 1 unspecified atom stereocenters. The van der Waals surface area contributed by atoms with Crippen LogP contribution < -0.4 is 15.4 Å². The van der Waals surface area contributed by atoms with Crippen molar-refractivity contribution in [3.05, 3.63) is 125 Å². The molecule has 1 heterocycles. The van der Waals surface area contributed by atoms with Gasteiger partial charge in [-0.2, -0.15) is 0 Å². The second kappa shape index (κ2) is 13.9. The normalized spacial score (nSPS) is 15.1.